The summed E-state index contributed by atoms with van der Waals surface area (Å²) in [6.07, 6.45) is 0. The van der Waals surface area contributed by atoms with Crippen LogP contribution in [-0.4, -0.2) is 16.6 Å². The molecular formula is C13H11N3O3S2. The Morgan fingerprint density at radius 1 is 1.38 bits per heavy atom. The quantitative estimate of drug-likeness (QED) is 0.666. The number of carbonyl (C=O) groups is 1. The predicted molar refractivity (Wildman–Crippen MR) is 84.1 cm³/mol. The van der Waals surface area contributed by atoms with Gasteiger partial charge in [-0.1, -0.05) is 11.3 Å². The van der Waals surface area contributed by atoms with Gasteiger partial charge in [-0.25, -0.2) is 0 Å². The molecule has 8 heteroatoms. The van der Waals surface area contributed by atoms with E-state index in [0.717, 1.165) is 33.2 Å². The van der Waals surface area contributed by atoms with Crippen LogP contribution in [0.1, 0.15) is 5.56 Å². The lowest BCUT2D eigenvalue weighted by molar-refractivity contribution is -0.380. The van der Waals surface area contributed by atoms with Gasteiger partial charge >= 0.3 is 5.00 Å². The predicted octanol–water partition coefficient (Wildman–Crippen LogP) is 3.31. The third-order valence-corrected chi connectivity index (χ3v) is 4.93. The molecule has 0 atom stereocenters. The number of thiophene rings is 1. The van der Waals surface area contributed by atoms with Crippen LogP contribution in [0.15, 0.2) is 34.5 Å². The van der Waals surface area contributed by atoms with Crippen molar-refractivity contribution in [1.29, 1.82) is 0 Å². The minimum atomic E-state index is -0.389. The first-order valence-electron chi connectivity index (χ1n) is 6.14. The lowest BCUT2D eigenvalue weighted by Crippen LogP contribution is -2.18. The Morgan fingerprint density at radius 2 is 2.24 bits per heavy atom. The number of anilines is 2. The second-order valence-corrected chi connectivity index (χ2v) is 6.36. The van der Waals surface area contributed by atoms with Crippen LogP contribution in [0, 0.1) is 10.1 Å². The van der Waals surface area contributed by atoms with Crippen molar-refractivity contribution in [2.24, 2.45) is 0 Å². The number of nitrogens with one attached hydrogen (secondary N) is 2. The van der Waals surface area contributed by atoms with Crippen LogP contribution in [-0.2, 0) is 11.3 Å². The van der Waals surface area contributed by atoms with Gasteiger partial charge in [0.15, 0.2) is 0 Å². The Labute approximate surface area is 128 Å². The van der Waals surface area contributed by atoms with Crippen LogP contribution in [0.3, 0.4) is 0 Å². The maximum atomic E-state index is 11.4. The molecule has 21 heavy (non-hydrogen) atoms. The number of rotatable bonds is 4. The Balaban J connectivity index is 1.69. The molecule has 0 aliphatic carbocycles. The zero-order valence-corrected chi connectivity index (χ0v) is 12.4. The monoisotopic (exact) mass is 321 g/mol. The Kier molecular flexibility index (Phi) is 3.80. The fourth-order valence-electron chi connectivity index (χ4n) is 1.95. The average Bonchev–Trinajstić information content (AvgIpc) is 2.93. The molecule has 6 nitrogen and oxygen atoms in total. The van der Waals surface area contributed by atoms with Crippen LogP contribution < -0.4 is 10.6 Å². The van der Waals surface area contributed by atoms with Gasteiger partial charge in [-0.05, 0) is 23.8 Å². The molecule has 2 aromatic rings. The van der Waals surface area contributed by atoms with Crippen LogP contribution in [0.2, 0.25) is 0 Å². The summed E-state index contributed by atoms with van der Waals surface area (Å²) >= 11 is 2.63. The van der Waals surface area contributed by atoms with E-state index >= 15 is 0 Å². The highest BCUT2D eigenvalue weighted by atomic mass is 32.2. The first kappa shape index (κ1) is 13.9. The third kappa shape index (κ3) is 3.17. The van der Waals surface area contributed by atoms with Gasteiger partial charge in [-0.3, -0.25) is 14.9 Å². The number of thioether (sulfide) groups is 1. The molecule has 3 rings (SSSR count). The molecule has 2 heterocycles. The van der Waals surface area contributed by atoms with E-state index in [1.807, 2.05) is 18.2 Å². The van der Waals surface area contributed by atoms with E-state index < -0.39 is 0 Å². The van der Waals surface area contributed by atoms with Gasteiger partial charge in [0.2, 0.25) is 5.91 Å². The summed E-state index contributed by atoms with van der Waals surface area (Å²) in [7, 11) is 0. The molecule has 1 aliphatic heterocycles. The van der Waals surface area contributed by atoms with E-state index in [0.29, 0.717) is 12.3 Å². The maximum Gasteiger partial charge on any atom is 0.324 e. The topological polar surface area (TPSA) is 84.3 Å². The summed E-state index contributed by atoms with van der Waals surface area (Å²) < 4.78 is 0. The third-order valence-electron chi connectivity index (χ3n) is 2.93. The smallest absolute Gasteiger partial charge is 0.324 e. The summed E-state index contributed by atoms with van der Waals surface area (Å²) in [5, 5.41) is 18.6. The zero-order chi connectivity index (χ0) is 14.8. The zero-order valence-electron chi connectivity index (χ0n) is 10.8. The van der Waals surface area contributed by atoms with Crippen LogP contribution >= 0.6 is 23.1 Å². The van der Waals surface area contributed by atoms with Crippen molar-refractivity contribution in [3.63, 3.8) is 0 Å². The summed E-state index contributed by atoms with van der Waals surface area (Å²) in [4.78, 5) is 22.7. The number of amides is 1. The molecule has 1 aliphatic rings. The number of fused-ring (bicyclic) bond motifs is 1. The minimum absolute atomic E-state index is 0.00175. The molecule has 108 valence electrons. The average molecular weight is 321 g/mol. The highest BCUT2D eigenvalue weighted by molar-refractivity contribution is 8.00. The van der Waals surface area contributed by atoms with Crippen molar-refractivity contribution in [3.8, 4) is 0 Å². The van der Waals surface area contributed by atoms with Gasteiger partial charge in [0, 0.05) is 28.6 Å². The van der Waals surface area contributed by atoms with Gasteiger partial charge in [-0.2, -0.15) is 0 Å². The fourth-order valence-corrected chi connectivity index (χ4v) is 3.47. The Hall–Kier alpha value is -2.06. The van der Waals surface area contributed by atoms with Gasteiger partial charge in [0.25, 0.3) is 0 Å². The molecule has 0 spiro atoms. The normalized spacial score (nSPS) is 13.4. The summed E-state index contributed by atoms with van der Waals surface area (Å²) in [6, 6.07) is 7.33. The molecule has 0 radical (unpaired) electrons. The first-order valence-corrected chi connectivity index (χ1v) is 8.01. The van der Waals surface area contributed by atoms with Gasteiger partial charge < -0.3 is 10.6 Å². The second kappa shape index (κ2) is 5.74. The summed E-state index contributed by atoms with van der Waals surface area (Å²) in [5.74, 6) is 0.441. The lowest BCUT2D eigenvalue weighted by atomic mass is 10.2. The molecule has 1 aromatic heterocycles. The molecule has 0 fully saturated rings. The molecule has 1 aromatic carbocycles. The van der Waals surface area contributed by atoms with Gasteiger partial charge in [-0.15, -0.1) is 11.8 Å². The Bertz CT molecular complexity index is 714. The number of nitrogens with zero attached hydrogens (tertiary/aromatic N) is 1. The summed E-state index contributed by atoms with van der Waals surface area (Å²) in [6.45, 7) is 0.504. The molecule has 2 N–H and O–H groups in total. The Morgan fingerprint density at radius 3 is 3.00 bits per heavy atom. The standard InChI is InChI=1S/C13H11N3O3S2/c17-12-7-20-11-2-1-9(4-10(11)15-12)14-5-8-3-13(16(18)19)21-6-8/h1-4,6,14H,5,7H2,(H,15,17). The maximum absolute atomic E-state index is 11.4. The van der Waals surface area contributed by atoms with Crippen molar-refractivity contribution >= 4 is 45.4 Å². The first-order chi connectivity index (χ1) is 10.1. The highest BCUT2D eigenvalue weighted by Gasteiger charge is 2.15. The van der Waals surface area contributed by atoms with E-state index in [2.05, 4.69) is 10.6 Å². The molecule has 0 saturated carbocycles. The van der Waals surface area contributed by atoms with E-state index in [4.69, 9.17) is 0 Å². The number of hydrogen-bond acceptors (Lipinski definition) is 6. The number of benzene rings is 1. The number of hydrogen-bond donors (Lipinski definition) is 2. The van der Waals surface area contributed by atoms with Gasteiger partial charge in [0.1, 0.15) is 0 Å². The van der Waals surface area contributed by atoms with Crippen molar-refractivity contribution in [1.82, 2.24) is 0 Å². The van der Waals surface area contributed by atoms with Crippen LogP contribution in [0.4, 0.5) is 16.4 Å². The lowest BCUT2D eigenvalue weighted by Gasteiger charge is -2.17. The molecule has 1 amide bonds. The van der Waals surface area contributed by atoms with Gasteiger partial charge in [0.05, 0.1) is 16.4 Å². The molecule has 0 bridgehead atoms. The van der Waals surface area contributed by atoms with Crippen molar-refractivity contribution in [2.45, 2.75) is 11.4 Å². The molecular weight excluding hydrogens is 310 g/mol. The highest BCUT2D eigenvalue weighted by Crippen LogP contribution is 2.33. The second-order valence-electron chi connectivity index (χ2n) is 4.45. The van der Waals surface area contributed by atoms with E-state index in [1.54, 1.807) is 11.4 Å². The van der Waals surface area contributed by atoms with E-state index in [1.165, 1.54) is 11.8 Å². The summed E-state index contributed by atoms with van der Waals surface area (Å²) in [5.41, 5.74) is 2.53. The van der Waals surface area contributed by atoms with E-state index in [9.17, 15) is 14.9 Å². The minimum Gasteiger partial charge on any atom is -0.381 e. The van der Waals surface area contributed by atoms with Crippen LogP contribution in [0.25, 0.3) is 0 Å². The molecule has 0 unspecified atom stereocenters. The largest absolute Gasteiger partial charge is 0.381 e. The SMILES string of the molecule is O=C1CSc2ccc(NCc3csc([N+](=O)[O-])c3)cc2N1. The van der Waals surface area contributed by atoms with Crippen molar-refractivity contribution in [3.05, 3.63) is 45.3 Å². The van der Waals surface area contributed by atoms with E-state index in [-0.39, 0.29) is 15.8 Å². The van der Waals surface area contributed by atoms with Crippen molar-refractivity contribution < 1.29 is 9.72 Å². The number of nitro groups is 1. The molecule has 0 saturated heterocycles. The van der Waals surface area contributed by atoms with Crippen molar-refractivity contribution in [2.75, 3.05) is 16.4 Å². The number of carbonyl (C=O) groups excluding carboxylic acids is 1. The fraction of sp³-hybridized carbons (Fsp3) is 0.154. The van der Waals surface area contributed by atoms with Crippen LogP contribution in [0.5, 0.6) is 0 Å².